The second-order valence-electron chi connectivity index (χ2n) is 2.88. The number of nitrogens with one attached hydrogen (secondary N) is 1. The summed E-state index contributed by atoms with van der Waals surface area (Å²) >= 11 is 10.7. The lowest BCUT2D eigenvalue weighted by Crippen LogP contribution is -2.39. The van der Waals surface area contributed by atoms with Crippen molar-refractivity contribution in [2.75, 3.05) is 0 Å². The molecule has 3 heteroatoms. The van der Waals surface area contributed by atoms with Gasteiger partial charge >= 0.3 is 0 Å². The van der Waals surface area contributed by atoms with Gasteiger partial charge in [-0.3, -0.25) is 0 Å². The molecule has 1 fully saturated rings. The summed E-state index contributed by atoms with van der Waals surface area (Å²) < 4.78 is 0. The van der Waals surface area contributed by atoms with E-state index in [0.717, 1.165) is 16.4 Å². The lowest BCUT2D eigenvalue weighted by atomic mass is 9.98. The molecule has 0 radical (unpaired) electrons. The van der Waals surface area contributed by atoms with Gasteiger partial charge < -0.3 is 5.32 Å². The molecule has 0 spiro atoms. The van der Waals surface area contributed by atoms with Crippen molar-refractivity contribution in [1.82, 2.24) is 5.32 Å². The minimum Gasteiger partial charge on any atom is -0.372 e. The van der Waals surface area contributed by atoms with Crippen molar-refractivity contribution in [3.63, 3.8) is 0 Å². The Balaban J connectivity index is 2.14. The van der Waals surface area contributed by atoms with Crippen LogP contribution >= 0.6 is 23.8 Å². The van der Waals surface area contributed by atoms with E-state index >= 15 is 0 Å². The number of halogens is 1. The molecule has 0 unspecified atom stereocenters. The zero-order valence-corrected chi connectivity index (χ0v) is 7.95. The lowest BCUT2D eigenvalue weighted by Gasteiger charge is -2.30. The Hall–Kier alpha value is -0.600. The molecule has 1 aliphatic heterocycles. The Morgan fingerprint density at radius 1 is 1.33 bits per heavy atom. The van der Waals surface area contributed by atoms with Crippen molar-refractivity contribution >= 4 is 28.8 Å². The van der Waals surface area contributed by atoms with Crippen molar-refractivity contribution in [3.05, 3.63) is 34.9 Å². The third-order valence-electron chi connectivity index (χ3n) is 2.00. The molecule has 1 N–H and O–H groups in total. The molecule has 0 aliphatic carbocycles. The molecule has 1 atom stereocenters. The third kappa shape index (κ3) is 1.45. The molecule has 0 saturated carbocycles. The molecule has 62 valence electrons. The maximum atomic E-state index is 5.76. The summed E-state index contributed by atoms with van der Waals surface area (Å²) in [5.41, 5.74) is 1.26. The molecule has 2 rings (SSSR count). The van der Waals surface area contributed by atoms with E-state index in [0.29, 0.717) is 6.04 Å². The van der Waals surface area contributed by atoms with Crippen LogP contribution in [0.1, 0.15) is 18.0 Å². The highest BCUT2D eigenvalue weighted by Gasteiger charge is 2.22. The van der Waals surface area contributed by atoms with Crippen LogP contribution in [0.15, 0.2) is 24.3 Å². The first-order valence-corrected chi connectivity index (χ1v) is 4.59. The van der Waals surface area contributed by atoms with E-state index in [2.05, 4.69) is 5.32 Å². The third-order valence-corrected chi connectivity index (χ3v) is 2.53. The van der Waals surface area contributed by atoms with Crippen molar-refractivity contribution in [2.24, 2.45) is 0 Å². The van der Waals surface area contributed by atoms with Gasteiger partial charge in [-0.05, 0) is 17.7 Å². The van der Waals surface area contributed by atoms with Crippen LogP contribution in [0.4, 0.5) is 0 Å². The summed E-state index contributed by atoms with van der Waals surface area (Å²) in [7, 11) is 0. The summed E-state index contributed by atoms with van der Waals surface area (Å²) in [4.78, 5) is 0.954. The van der Waals surface area contributed by atoms with E-state index in [1.165, 1.54) is 5.56 Å². The summed E-state index contributed by atoms with van der Waals surface area (Å²) in [6.07, 6.45) is 0.969. The number of thiocarbonyl (C=S) groups is 1. The van der Waals surface area contributed by atoms with Gasteiger partial charge in [-0.2, -0.15) is 0 Å². The largest absolute Gasteiger partial charge is 0.372 e. The van der Waals surface area contributed by atoms with Crippen LogP contribution in [-0.2, 0) is 0 Å². The number of rotatable bonds is 1. The molecule has 1 aromatic carbocycles. The molecular weight excluding hydrogens is 190 g/mol. The van der Waals surface area contributed by atoms with Crippen molar-refractivity contribution in [2.45, 2.75) is 12.5 Å². The molecule has 1 heterocycles. The SMILES string of the molecule is S=C1C[C@@H](c2ccc(Cl)cc2)N1. The molecule has 1 aliphatic rings. The fourth-order valence-corrected chi connectivity index (χ4v) is 1.69. The van der Waals surface area contributed by atoms with E-state index in [4.69, 9.17) is 23.8 Å². The number of benzene rings is 1. The topological polar surface area (TPSA) is 12.0 Å². The molecule has 1 nitrogen and oxygen atoms in total. The Kier molecular flexibility index (Phi) is 2.03. The van der Waals surface area contributed by atoms with Gasteiger partial charge in [0.2, 0.25) is 0 Å². The van der Waals surface area contributed by atoms with Gasteiger partial charge in [-0.1, -0.05) is 36.0 Å². The average Bonchev–Trinajstić information content (AvgIpc) is 2.01. The zero-order chi connectivity index (χ0) is 8.55. The first-order valence-electron chi connectivity index (χ1n) is 3.80. The van der Waals surface area contributed by atoms with Crippen LogP contribution in [-0.4, -0.2) is 4.99 Å². The quantitative estimate of drug-likeness (QED) is 0.695. The van der Waals surface area contributed by atoms with Gasteiger partial charge in [0, 0.05) is 11.4 Å². The highest BCUT2D eigenvalue weighted by Crippen LogP contribution is 2.25. The normalized spacial score (nSPS) is 21.4. The van der Waals surface area contributed by atoms with Gasteiger partial charge in [-0.15, -0.1) is 0 Å². The second kappa shape index (κ2) is 3.04. The first-order chi connectivity index (χ1) is 5.75. The van der Waals surface area contributed by atoms with Crippen molar-refractivity contribution in [3.8, 4) is 0 Å². The monoisotopic (exact) mass is 197 g/mol. The van der Waals surface area contributed by atoms with E-state index < -0.39 is 0 Å². The lowest BCUT2D eigenvalue weighted by molar-refractivity contribution is 0.591. The van der Waals surface area contributed by atoms with Crippen LogP contribution in [0.2, 0.25) is 5.02 Å². The molecular formula is C9H8ClNS. The smallest absolute Gasteiger partial charge is 0.0782 e. The second-order valence-corrected chi connectivity index (χ2v) is 3.81. The highest BCUT2D eigenvalue weighted by atomic mass is 35.5. The predicted octanol–water partition coefficient (Wildman–Crippen LogP) is 2.70. The number of hydrogen-bond donors (Lipinski definition) is 1. The van der Waals surface area contributed by atoms with Crippen LogP contribution in [0.5, 0.6) is 0 Å². The molecule has 0 aromatic heterocycles. The fourth-order valence-electron chi connectivity index (χ4n) is 1.25. The minimum absolute atomic E-state index is 0.412. The van der Waals surface area contributed by atoms with Gasteiger partial charge in [0.25, 0.3) is 0 Å². The van der Waals surface area contributed by atoms with E-state index in [-0.39, 0.29) is 0 Å². The van der Waals surface area contributed by atoms with E-state index in [9.17, 15) is 0 Å². The molecule has 0 amide bonds. The maximum Gasteiger partial charge on any atom is 0.0782 e. The highest BCUT2D eigenvalue weighted by molar-refractivity contribution is 7.80. The predicted molar refractivity (Wildman–Crippen MR) is 54.5 cm³/mol. The Morgan fingerprint density at radius 2 is 1.92 bits per heavy atom. The summed E-state index contributed by atoms with van der Waals surface area (Å²) in [5, 5.41) is 3.95. The number of hydrogen-bond acceptors (Lipinski definition) is 1. The Morgan fingerprint density at radius 3 is 2.42 bits per heavy atom. The summed E-state index contributed by atoms with van der Waals surface area (Å²) in [5.74, 6) is 0. The standard InChI is InChI=1S/C9H8ClNS/c10-7-3-1-6(2-4-7)8-5-9(12)11-8/h1-4,8H,5H2,(H,11,12)/t8-/m0/s1. The van der Waals surface area contributed by atoms with Crippen LogP contribution in [0.3, 0.4) is 0 Å². The van der Waals surface area contributed by atoms with Crippen LogP contribution in [0, 0.1) is 0 Å². The Labute approximate surface area is 81.7 Å². The maximum absolute atomic E-state index is 5.76. The minimum atomic E-state index is 0.412. The fraction of sp³-hybridized carbons (Fsp3) is 0.222. The van der Waals surface area contributed by atoms with Gasteiger partial charge in [0.05, 0.1) is 11.0 Å². The summed E-state index contributed by atoms with van der Waals surface area (Å²) in [6.45, 7) is 0. The van der Waals surface area contributed by atoms with Crippen LogP contribution < -0.4 is 5.32 Å². The molecule has 1 aromatic rings. The molecule has 1 saturated heterocycles. The Bertz CT molecular complexity index is 299. The van der Waals surface area contributed by atoms with Gasteiger partial charge in [0.1, 0.15) is 0 Å². The zero-order valence-electron chi connectivity index (χ0n) is 6.38. The molecule has 12 heavy (non-hydrogen) atoms. The van der Waals surface area contributed by atoms with Crippen LogP contribution in [0.25, 0.3) is 0 Å². The molecule has 0 bridgehead atoms. The van der Waals surface area contributed by atoms with Gasteiger partial charge in [-0.25, -0.2) is 0 Å². The van der Waals surface area contributed by atoms with Crippen molar-refractivity contribution < 1.29 is 0 Å². The van der Waals surface area contributed by atoms with E-state index in [1.54, 1.807) is 0 Å². The van der Waals surface area contributed by atoms with E-state index in [1.807, 2.05) is 24.3 Å². The van der Waals surface area contributed by atoms with Gasteiger partial charge in [0.15, 0.2) is 0 Å². The first kappa shape index (κ1) is 8.02. The summed E-state index contributed by atoms with van der Waals surface area (Å²) in [6, 6.07) is 8.28. The van der Waals surface area contributed by atoms with Crippen molar-refractivity contribution in [1.29, 1.82) is 0 Å². The average molecular weight is 198 g/mol.